The van der Waals surface area contributed by atoms with E-state index in [1.165, 1.54) is 83.5 Å². The summed E-state index contributed by atoms with van der Waals surface area (Å²) in [5.41, 5.74) is 0.693. The molecule has 0 atom stereocenters. The number of benzene rings is 1. The van der Waals surface area contributed by atoms with Crippen molar-refractivity contribution in [3.05, 3.63) is 29.3 Å². The van der Waals surface area contributed by atoms with E-state index >= 15 is 0 Å². The molecule has 5 nitrogen and oxygen atoms in total. The molecule has 1 aromatic carbocycles. The molecule has 0 aliphatic rings. The summed E-state index contributed by atoms with van der Waals surface area (Å²) in [6.07, 6.45) is 21.5. The summed E-state index contributed by atoms with van der Waals surface area (Å²) in [6, 6.07) is 7.51. The number of carbonyl (C=O) groups is 1. The highest BCUT2D eigenvalue weighted by Crippen LogP contribution is 2.30. The first-order valence-corrected chi connectivity index (χ1v) is 14.8. The molecular formula is C32H51NO4. The molecule has 1 rings (SSSR count). The van der Waals surface area contributed by atoms with E-state index in [9.17, 15) is 10.1 Å². The zero-order chi connectivity index (χ0) is 27.0. The molecular weight excluding hydrogens is 462 g/mol. The van der Waals surface area contributed by atoms with Crippen LogP contribution in [0.15, 0.2) is 23.8 Å². The van der Waals surface area contributed by atoms with Gasteiger partial charge in [0.05, 0.1) is 19.8 Å². The van der Waals surface area contributed by atoms with Gasteiger partial charge in [-0.1, -0.05) is 110 Å². The lowest BCUT2D eigenvalue weighted by Gasteiger charge is -2.14. The van der Waals surface area contributed by atoms with Crippen LogP contribution in [0, 0.1) is 11.3 Å². The maximum absolute atomic E-state index is 12.0. The summed E-state index contributed by atoms with van der Waals surface area (Å²) in [5, 5.41) is 9.37. The van der Waals surface area contributed by atoms with Crippen LogP contribution in [0.1, 0.15) is 129 Å². The average molecular weight is 514 g/mol. The number of rotatable bonds is 23. The predicted octanol–water partition coefficient (Wildman–Crippen LogP) is 9.20. The van der Waals surface area contributed by atoms with Crippen molar-refractivity contribution in [1.82, 2.24) is 0 Å². The maximum atomic E-state index is 12.0. The van der Waals surface area contributed by atoms with Gasteiger partial charge in [-0.3, -0.25) is 0 Å². The number of nitrogens with zero attached hydrogens (tertiary/aromatic N) is 1. The molecule has 0 N–H and O–H groups in total. The third-order valence-corrected chi connectivity index (χ3v) is 6.41. The van der Waals surface area contributed by atoms with Gasteiger partial charge in [0.15, 0.2) is 11.5 Å². The van der Waals surface area contributed by atoms with E-state index in [0.29, 0.717) is 24.7 Å². The number of nitriles is 1. The van der Waals surface area contributed by atoms with Crippen LogP contribution in [-0.2, 0) is 9.53 Å². The molecule has 0 saturated heterocycles. The van der Waals surface area contributed by atoms with Gasteiger partial charge in [-0.2, -0.15) is 5.26 Å². The van der Waals surface area contributed by atoms with Gasteiger partial charge in [-0.25, -0.2) is 4.79 Å². The quantitative estimate of drug-likeness (QED) is 0.0631. The number of esters is 1. The van der Waals surface area contributed by atoms with E-state index in [4.69, 9.17) is 14.2 Å². The van der Waals surface area contributed by atoms with E-state index in [-0.39, 0.29) is 12.2 Å². The number of ether oxygens (including phenoxy) is 3. The van der Waals surface area contributed by atoms with Crippen LogP contribution in [0.25, 0.3) is 6.08 Å². The highest BCUT2D eigenvalue weighted by atomic mass is 16.5. The minimum absolute atomic E-state index is 0.0246. The van der Waals surface area contributed by atoms with Gasteiger partial charge in [-0.05, 0) is 43.5 Å². The fourth-order valence-electron chi connectivity index (χ4n) is 4.19. The van der Waals surface area contributed by atoms with Gasteiger partial charge >= 0.3 is 5.97 Å². The van der Waals surface area contributed by atoms with E-state index in [0.717, 1.165) is 24.8 Å². The highest BCUT2D eigenvalue weighted by molar-refractivity contribution is 5.97. The molecule has 0 fully saturated rings. The lowest BCUT2D eigenvalue weighted by atomic mass is 10.1. The summed E-state index contributed by atoms with van der Waals surface area (Å²) >= 11 is 0. The second-order valence-electron chi connectivity index (χ2n) is 9.74. The molecule has 0 radical (unpaired) electrons. The third-order valence-electron chi connectivity index (χ3n) is 6.41. The molecule has 1 aromatic rings. The molecule has 0 aromatic heterocycles. The Morgan fingerprint density at radius 1 is 0.730 bits per heavy atom. The number of unbranched alkanes of at least 4 members (excludes halogenated alkanes) is 14. The van der Waals surface area contributed by atoms with Gasteiger partial charge in [-0.15, -0.1) is 0 Å². The number of hydrogen-bond acceptors (Lipinski definition) is 5. The molecule has 0 amide bonds. The Bertz CT molecular complexity index is 796. The van der Waals surface area contributed by atoms with E-state index < -0.39 is 5.97 Å². The molecule has 0 bridgehead atoms. The van der Waals surface area contributed by atoms with Crippen molar-refractivity contribution in [2.24, 2.45) is 0 Å². The first-order chi connectivity index (χ1) is 18.2. The van der Waals surface area contributed by atoms with Gasteiger partial charge in [0, 0.05) is 0 Å². The smallest absolute Gasteiger partial charge is 0.348 e. The van der Waals surface area contributed by atoms with Crippen molar-refractivity contribution in [1.29, 1.82) is 5.26 Å². The Morgan fingerprint density at radius 2 is 1.22 bits per heavy atom. The Balaban J connectivity index is 2.64. The molecule has 5 heteroatoms. The van der Waals surface area contributed by atoms with Crippen LogP contribution in [0.5, 0.6) is 11.5 Å². The van der Waals surface area contributed by atoms with Crippen LogP contribution in [-0.4, -0.2) is 25.8 Å². The molecule has 0 saturated carbocycles. The van der Waals surface area contributed by atoms with Crippen LogP contribution >= 0.6 is 0 Å². The Hall–Kier alpha value is -2.48. The van der Waals surface area contributed by atoms with Gasteiger partial charge in [0.2, 0.25) is 0 Å². The highest BCUT2D eigenvalue weighted by Gasteiger charge is 2.12. The molecule has 0 heterocycles. The van der Waals surface area contributed by atoms with E-state index in [2.05, 4.69) is 13.8 Å². The van der Waals surface area contributed by atoms with Gasteiger partial charge < -0.3 is 14.2 Å². The van der Waals surface area contributed by atoms with Crippen molar-refractivity contribution in [3.8, 4) is 17.6 Å². The zero-order valence-electron chi connectivity index (χ0n) is 23.8. The third kappa shape index (κ3) is 16.1. The van der Waals surface area contributed by atoms with Crippen molar-refractivity contribution in [2.45, 2.75) is 124 Å². The fraction of sp³-hybridized carbons (Fsp3) is 0.688. The van der Waals surface area contributed by atoms with Crippen molar-refractivity contribution >= 4 is 12.0 Å². The van der Waals surface area contributed by atoms with Crippen molar-refractivity contribution in [2.75, 3.05) is 19.8 Å². The first-order valence-electron chi connectivity index (χ1n) is 14.8. The molecule has 37 heavy (non-hydrogen) atoms. The first kappa shape index (κ1) is 32.5. The number of hydrogen-bond donors (Lipinski definition) is 0. The van der Waals surface area contributed by atoms with Gasteiger partial charge in [0.25, 0.3) is 0 Å². The monoisotopic (exact) mass is 513 g/mol. The summed E-state index contributed by atoms with van der Waals surface area (Å²) in [4.78, 5) is 12.0. The lowest BCUT2D eigenvalue weighted by molar-refractivity contribution is -0.137. The predicted molar refractivity (Wildman–Crippen MR) is 153 cm³/mol. The summed E-state index contributed by atoms with van der Waals surface area (Å²) in [6.45, 7) is 7.73. The summed E-state index contributed by atoms with van der Waals surface area (Å²) in [5.74, 6) is 0.771. The number of carbonyl (C=O) groups excluding carboxylic acids is 1. The molecule has 0 unspecified atom stereocenters. The Morgan fingerprint density at radius 3 is 1.70 bits per heavy atom. The van der Waals surface area contributed by atoms with Gasteiger partial charge in [0.1, 0.15) is 11.6 Å². The minimum atomic E-state index is -0.610. The Labute approximate surface area is 226 Å². The average Bonchev–Trinajstić information content (AvgIpc) is 2.90. The van der Waals surface area contributed by atoms with Crippen LogP contribution in [0.4, 0.5) is 0 Å². The molecule has 0 spiro atoms. The Kier molecular flexibility index (Phi) is 20.0. The topological polar surface area (TPSA) is 68.5 Å². The minimum Gasteiger partial charge on any atom is -0.490 e. The van der Waals surface area contributed by atoms with Crippen molar-refractivity contribution in [3.63, 3.8) is 0 Å². The van der Waals surface area contributed by atoms with Crippen molar-refractivity contribution < 1.29 is 19.0 Å². The van der Waals surface area contributed by atoms with Crippen LogP contribution in [0.3, 0.4) is 0 Å². The van der Waals surface area contributed by atoms with Crippen LogP contribution in [0.2, 0.25) is 0 Å². The second kappa shape index (κ2) is 22.7. The summed E-state index contributed by atoms with van der Waals surface area (Å²) < 4.78 is 17.2. The standard InChI is InChI=1S/C32H51NO4/c1-4-7-9-11-13-15-17-19-23-36-30-22-21-28(25-29(27-33)32(34)35-6-3)26-31(30)37-24-20-18-16-14-12-10-8-5-2/h21-22,25-26H,4-20,23-24H2,1-3H3/b29-25+. The maximum Gasteiger partial charge on any atom is 0.348 e. The fourth-order valence-corrected chi connectivity index (χ4v) is 4.19. The largest absolute Gasteiger partial charge is 0.490 e. The van der Waals surface area contributed by atoms with E-state index in [1.807, 2.05) is 24.3 Å². The molecule has 0 aliphatic heterocycles. The normalized spacial score (nSPS) is 11.2. The SMILES string of the molecule is CCCCCCCCCCOc1ccc(/C=C(\C#N)C(=O)OCC)cc1OCCCCCCCCCC. The molecule has 0 aliphatic carbocycles. The molecule has 208 valence electrons. The van der Waals surface area contributed by atoms with E-state index in [1.54, 1.807) is 13.0 Å². The summed E-state index contributed by atoms with van der Waals surface area (Å²) in [7, 11) is 0. The zero-order valence-corrected chi connectivity index (χ0v) is 23.8. The lowest BCUT2D eigenvalue weighted by Crippen LogP contribution is -2.06. The second-order valence-corrected chi connectivity index (χ2v) is 9.74. The van der Waals surface area contributed by atoms with Crippen LogP contribution < -0.4 is 9.47 Å².